The summed E-state index contributed by atoms with van der Waals surface area (Å²) in [6, 6.07) is 18.0. The number of nitrogens with zero attached hydrogens (tertiary/aromatic N) is 2. The van der Waals surface area contributed by atoms with Gasteiger partial charge < -0.3 is 0 Å². The van der Waals surface area contributed by atoms with Crippen LogP contribution in [0, 0.1) is 0 Å². The Hall–Kier alpha value is -2.25. The van der Waals surface area contributed by atoms with Crippen LogP contribution in [0.15, 0.2) is 82.8 Å². The third-order valence-corrected chi connectivity index (χ3v) is 17.3. The van der Waals surface area contributed by atoms with E-state index in [1.165, 1.54) is 344 Å². The molecule has 0 N–H and O–H groups in total. The summed E-state index contributed by atoms with van der Waals surface area (Å²) in [6.45, 7) is 9.26. The van der Waals surface area contributed by atoms with E-state index in [1.807, 2.05) is 0 Å². The smallest absolute Gasteiger partial charge is 0.0665 e. The first-order valence-electron chi connectivity index (χ1n) is 36.3. The largest absolute Gasteiger partial charge is 0.251 e. The monoisotopic (exact) mass is 1160 g/mol. The summed E-state index contributed by atoms with van der Waals surface area (Å²) in [4.78, 5) is 11.2. The van der Waals surface area contributed by atoms with Crippen molar-refractivity contribution in [1.29, 1.82) is 0 Å². The van der Waals surface area contributed by atoms with Crippen molar-refractivity contribution in [3.63, 3.8) is 0 Å². The van der Waals surface area contributed by atoms with Crippen molar-refractivity contribution in [1.82, 2.24) is 0 Å². The van der Waals surface area contributed by atoms with Gasteiger partial charge in [0.25, 0.3) is 0 Å². The molecule has 0 unspecified atom stereocenters. The molecule has 0 fully saturated rings. The van der Waals surface area contributed by atoms with E-state index >= 15 is 0 Å². The minimum Gasteiger partial charge on any atom is -0.251 e. The van der Waals surface area contributed by atoms with Gasteiger partial charge in [-0.05, 0) is 113 Å². The molecule has 0 aromatic heterocycles. The quantitative estimate of drug-likeness (QED) is 0.0273. The van der Waals surface area contributed by atoms with Gasteiger partial charge in [0.05, 0.1) is 22.8 Å². The van der Waals surface area contributed by atoms with Crippen molar-refractivity contribution < 1.29 is 16.5 Å². The molecule has 0 aliphatic rings. The topological polar surface area (TPSA) is 24.7 Å². The zero-order valence-corrected chi connectivity index (χ0v) is 55.7. The third kappa shape index (κ3) is 48.7. The van der Waals surface area contributed by atoms with Crippen molar-refractivity contribution in [3.8, 4) is 0 Å². The van der Waals surface area contributed by atoms with Crippen molar-refractivity contribution in [2.24, 2.45) is 9.98 Å². The number of unbranched alkanes of at least 4 members (excludes halogenated alkanes) is 46. The Kier molecular flexibility index (Phi) is 59.0. The molecule has 0 bridgehead atoms. The van der Waals surface area contributed by atoms with E-state index in [1.54, 1.807) is 0 Å². The standard InChI is InChI=1S/C78H136N2.Ni/c1-5-9-13-17-19-21-23-25-27-29-31-33-35-37-39-41-43-45-47-49-51-53-55-57-65-73-67-61-63-69-75(73)79-77(71-59-15-11-7-3)78(72-60-16-12-8-4)80-76-70-64-62-68-74(76)66-58-56-54-52-50-48-46-44-42-40-38-36-34-32-30-28-26-24-22-20-18-14-10-6-2;/h51-54,61-64,67-70H,5-50,55-60,65-66,71-72H2,1-4H3;. The molecule has 0 saturated carbocycles. The van der Waals surface area contributed by atoms with Crippen LogP contribution in [-0.4, -0.2) is 11.4 Å². The van der Waals surface area contributed by atoms with E-state index in [4.69, 9.17) is 9.98 Å². The SMILES string of the molecule is CCCCCCCCCCCCCCCCCCCCCC=CCCCc1ccccc1N=C(CCCCCC)C(CCCCCC)=Nc1ccccc1CCCC=CCCCCCCCCCCCCCCCCCCCCC.[Ni]. The Morgan fingerprint density at radius 2 is 0.469 bits per heavy atom. The first kappa shape index (κ1) is 76.8. The van der Waals surface area contributed by atoms with Crippen LogP contribution < -0.4 is 0 Å². The normalized spacial score (nSPS) is 12.2. The minimum absolute atomic E-state index is 0. The van der Waals surface area contributed by atoms with E-state index in [9.17, 15) is 0 Å². The average molecular weight is 1160 g/mol. The van der Waals surface area contributed by atoms with Gasteiger partial charge in [-0.2, -0.15) is 0 Å². The molecule has 468 valence electrons. The molecular formula is C78H136N2Ni. The van der Waals surface area contributed by atoms with Gasteiger partial charge in [0.2, 0.25) is 0 Å². The molecule has 0 saturated heterocycles. The van der Waals surface area contributed by atoms with Crippen molar-refractivity contribution in [3.05, 3.63) is 84.0 Å². The van der Waals surface area contributed by atoms with Crippen LogP contribution in [0.25, 0.3) is 0 Å². The van der Waals surface area contributed by atoms with Crippen LogP contribution in [0.5, 0.6) is 0 Å². The zero-order chi connectivity index (χ0) is 57.0. The zero-order valence-electron chi connectivity index (χ0n) is 54.7. The molecule has 2 nitrogen and oxygen atoms in total. The average Bonchev–Trinajstić information content (AvgIpc) is 3.48. The summed E-state index contributed by atoms with van der Waals surface area (Å²) < 4.78 is 0. The Morgan fingerprint density at radius 1 is 0.259 bits per heavy atom. The van der Waals surface area contributed by atoms with Gasteiger partial charge in [-0.3, -0.25) is 9.98 Å². The predicted molar refractivity (Wildman–Crippen MR) is 365 cm³/mol. The third-order valence-electron chi connectivity index (χ3n) is 17.3. The summed E-state index contributed by atoms with van der Waals surface area (Å²) >= 11 is 0. The van der Waals surface area contributed by atoms with Gasteiger partial charge in [0.1, 0.15) is 0 Å². The molecule has 0 aliphatic heterocycles. The first-order chi connectivity index (χ1) is 39.7. The van der Waals surface area contributed by atoms with Crippen LogP contribution in [0.1, 0.15) is 386 Å². The maximum Gasteiger partial charge on any atom is 0.0665 e. The summed E-state index contributed by atoms with van der Waals surface area (Å²) in [6.07, 6.45) is 85.9. The van der Waals surface area contributed by atoms with E-state index < -0.39 is 0 Å². The maximum absolute atomic E-state index is 5.61. The number of allylic oxidation sites excluding steroid dienone is 4. The fourth-order valence-electron chi connectivity index (χ4n) is 11.9. The fourth-order valence-corrected chi connectivity index (χ4v) is 11.9. The van der Waals surface area contributed by atoms with Gasteiger partial charge >= 0.3 is 0 Å². The van der Waals surface area contributed by atoms with Gasteiger partial charge in [-0.15, -0.1) is 0 Å². The minimum atomic E-state index is 0. The summed E-state index contributed by atoms with van der Waals surface area (Å²) in [5.41, 5.74) is 7.57. The van der Waals surface area contributed by atoms with E-state index in [0.29, 0.717) is 0 Å². The Labute approximate surface area is 517 Å². The maximum atomic E-state index is 5.61. The summed E-state index contributed by atoms with van der Waals surface area (Å²) in [5, 5.41) is 0. The van der Waals surface area contributed by atoms with Crippen LogP contribution in [0.3, 0.4) is 0 Å². The van der Waals surface area contributed by atoms with Gasteiger partial charge in [-0.25, -0.2) is 0 Å². The molecule has 2 rings (SSSR count). The number of aryl methyl sites for hydroxylation is 2. The molecule has 0 aliphatic carbocycles. The Morgan fingerprint density at radius 3 is 0.728 bits per heavy atom. The molecule has 0 spiro atoms. The molecule has 0 atom stereocenters. The van der Waals surface area contributed by atoms with Gasteiger partial charge in [0, 0.05) is 16.5 Å². The molecule has 3 heteroatoms. The number of para-hydroxylation sites is 2. The number of benzene rings is 2. The van der Waals surface area contributed by atoms with Gasteiger partial charge in [0.15, 0.2) is 0 Å². The van der Waals surface area contributed by atoms with E-state index in [2.05, 4.69) is 101 Å². The van der Waals surface area contributed by atoms with Crippen molar-refractivity contribution in [2.45, 2.75) is 387 Å². The number of hydrogen-bond acceptors (Lipinski definition) is 2. The van der Waals surface area contributed by atoms with Crippen LogP contribution in [0.2, 0.25) is 0 Å². The van der Waals surface area contributed by atoms with Crippen molar-refractivity contribution in [2.75, 3.05) is 0 Å². The van der Waals surface area contributed by atoms with Crippen LogP contribution in [-0.2, 0) is 29.3 Å². The summed E-state index contributed by atoms with van der Waals surface area (Å²) in [5.74, 6) is 0. The Balaban J connectivity index is 0.0000328. The van der Waals surface area contributed by atoms with Crippen molar-refractivity contribution >= 4 is 22.8 Å². The Bertz CT molecular complexity index is 1590. The van der Waals surface area contributed by atoms with Crippen LogP contribution in [0.4, 0.5) is 11.4 Å². The molecular weight excluding hydrogens is 1020 g/mol. The number of aliphatic imine (C=N–C) groups is 2. The molecule has 0 radical (unpaired) electrons. The molecule has 81 heavy (non-hydrogen) atoms. The first-order valence-corrected chi connectivity index (χ1v) is 36.3. The van der Waals surface area contributed by atoms with E-state index in [-0.39, 0.29) is 16.5 Å². The molecule has 0 heterocycles. The van der Waals surface area contributed by atoms with Gasteiger partial charge in [-0.1, -0.05) is 358 Å². The fraction of sp³-hybridized carbons (Fsp3) is 0.769. The second-order valence-corrected chi connectivity index (χ2v) is 25.0. The summed E-state index contributed by atoms with van der Waals surface area (Å²) in [7, 11) is 0. The molecule has 2 aromatic rings. The number of hydrogen-bond donors (Lipinski definition) is 0. The number of rotatable bonds is 61. The second kappa shape index (κ2) is 62.3. The molecule has 2 aromatic carbocycles. The predicted octanol–water partition coefficient (Wildman–Crippen LogP) is 27.9. The second-order valence-electron chi connectivity index (χ2n) is 25.0. The van der Waals surface area contributed by atoms with Crippen LogP contribution >= 0.6 is 0 Å². The van der Waals surface area contributed by atoms with E-state index in [0.717, 1.165) is 49.9 Å². The molecule has 0 amide bonds.